The normalized spacial score (nSPS) is 19.7. The first-order valence-electron chi connectivity index (χ1n) is 9.44. The lowest BCUT2D eigenvalue weighted by Crippen LogP contribution is -2.13. The van der Waals surface area contributed by atoms with Crippen LogP contribution < -0.4 is 0 Å². The summed E-state index contributed by atoms with van der Waals surface area (Å²) in [5.74, 6) is 6.45. The van der Waals surface area contributed by atoms with Gasteiger partial charge in [-0.15, -0.1) is 0 Å². The van der Waals surface area contributed by atoms with Crippen molar-refractivity contribution in [2.24, 2.45) is 11.8 Å². The molecule has 0 unspecified atom stereocenters. The fourth-order valence-corrected chi connectivity index (χ4v) is 3.45. The van der Waals surface area contributed by atoms with Crippen molar-refractivity contribution in [3.05, 3.63) is 47.8 Å². The molecule has 2 aromatic rings. The molecule has 1 aromatic heterocycles. The number of hydrogen-bond donors (Lipinski definition) is 0. The van der Waals surface area contributed by atoms with E-state index in [-0.39, 0.29) is 0 Å². The average Bonchev–Trinajstić information content (AvgIpc) is 2.68. The number of halogens is 2. The third-order valence-electron chi connectivity index (χ3n) is 5.06. The van der Waals surface area contributed by atoms with Gasteiger partial charge in [-0.1, -0.05) is 38.0 Å². The number of unbranched alkanes of at least 4 members (excludes halogenated alkanes) is 1. The Morgan fingerprint density at radius 1 is 1.04 bits per heavy atom. The van der Waals surface area contributed by atoms with E-state index in [4.69, 9.17) is 0 Å². The molecule has 0 bridgehead atoms. The van der Waals surface area contributed by atoms with Crippen molar-refractivity contribution in [3.8, 4) is 23.2 Å². The van der Waals surface area contributed by atoms with Crippen molar-refractivity contribution in [2.75, 3.05) is 0 Å². The van der Waals surface area contributed by atoms with E-state index in [2.05, 4.69) is 28.7 Å². The summed E-state index contributed by atoms with van der Waals surface area (Å²) >= 11 is 0. The number of nitrogens with zero attached hydrogens (tertiary/aromatic N) is 2. The van der Waals surface area contributed by atoms with Crippen LogP contribution in [-0.4, -0.2) is 9.97 Å². The van der Waals surface area contributed by atoms with Crippen molar-refractivity contribution in [1.29, 1.82) is 0 Å². The van der Waals surface area contributed by atoms with E-state index >= 15 is 0 Å². The lowest BCUT2D eigenvalue weighted by Gasteiger charge is -2.25. The Hall–Kier alpha value is -2.28. The Labute approximate surface area is 154 Å². The lowest BCUT2D eigenvalue weighted by atomic mass is 9.80. The molecular formula is C22H24F2N2. The largest absolute Gasteiger partial charge is 0.235 e. The highest BCUT2D eigenvalue weighted by atomic mass is 19.2. The number of aromatic nitrogens is 2. The molecule has 0 saturated heterocycles. The van der Waals surface area contributed by atoms with E-state index < -0.39 is 11.6 Å². The van der Waals surface area contributed by atoms with Crippen LogP contribution in [0.4, 0.5) is 8.78 Å². The molecule has 26 heavy (non-hydrogen) atoms. The summed E-state index contributed by atoms with van der Waals surface area (Å²) in [5, 5.41) is 0. The minimum absolute atomic E-state index is 0.367. The van der Waals surface area contributed by atoms with Gasteiger partial charge in [0.15, 0.2) is 17.5 Å². The average molecular weight is 354 g/mol. The fraction of sp³-hybridized carbons (Fsp3) is 0.455. The van der Waals surface area contributed by atoms with E-state index in [0.29, 0.717) is 17.3 Å². The van der Waals surface area contributed by atoms with Gasteiger partial charge in [0.1, 0.15) is 0 Å². The molecule has 3 rings (SSSR count). The van der Waals surface area contributed by atoms with Crippen LogP contribution in [0.3, 0.4) is 0 Å². The maximum absolute atomic E-state index is 13.3. The fourth-order valence-electron chi connectivity index (χ4n) is 3.45. The molecule has 2 nitrogen and oxygen atoms in total. The first-order chi connectivity index (χ1) is 12.7. The maximum Gasteiger partial charge on any atom is 0.159 e. The van der Waals surface area contributed by atoms with Gasteiger partial charge in [0.2, 0.25) is 0 Å². The Kier molecular flexibility index (Phi) is 6.33. The zero-order chi connectivity index (χ0) is 18.4. The van der Waals surface area contributed by atoms with Gasteiger partial charge >= 0.3 is 0 Å². The molecule has 0 aliphatic heterocycles. The Morgan fingerprint density at radius 3 is 2.42 bits per heavy atom. The maximum atomic E-state index is 13.3. The zero-order valence-electron chi connectivity index (χ0n) is 15.1. The molecule has 136 valence electrons. The summed E-state index contributed by atoms with van der Waals surface area (Å²) in [4.78, 5) is 8.45. The van der Waals surface area contributed by atoms with Gasteiger partial charge in [-0.05, 0) is 49.8 Å². The minimum atomic E-state index is -0.899. The Balaban J connectivity index is 1.58. The van der Waals surface area contributed by atoms with E-state index in [1.165, 1.54) is 51.0 Å². The standard InChI is InChI=1S/C22H24F2N2/c1-2-3-4-16-5-7-17(8-6-16)9-10-18-14-25-22(26-15-18)19-11-12-20(23)21(24)13-19/h11-17H,2-8H2,1H3/t16-,17-. The monoisotopic (exact) mass is 354 g/mol. The summed E-state index contributed by atoms with van der Waals surface area (Å²) in [7, 11) is 0. The predicted octanol–water partition coefficient (Wildman–Crippen LogP) is 5.77. The van der Waals surface area contributed by atoms with E-state index in [1.807, 2.05) is 0 Å². The number of benzene rings is 1. The molecule has 1 aliphatic carbocycles. The molecular weight excluding hydrogens is 330 g/mol. The van der Waals surface area contributed by atoms with Gasteiger partial charge in [-0.25, -0.2) is 18.7 Å². The van der Waals surface area contributed by atoms with Crippen LogP contribution in [0.1, 0.15) is 57.4 Å². The Bertz CT molecular complexity index is 782. The topological polar surface area (TPSA) is 25.8 Å². The quantitative estimate of drug-likeness (QED) is 0.651. The highest BCUT2D eigenvalue weighted by Gasteiger charge is 2.19. The third kappa shape index (κ3) is 4.88. The molecule has 1 saturated carbocycles. The number of hydrogen-bond acceptors (Lipinski definition) is 2. The summed E-state index contributed by atoms with van der Waals surface area (Å²) in [6.07, 6.45) is 12.2. The van der Waals surface area contributed by atoms with Crippen LogP contribution in [0.15, 0.2) is 30.6 Å². The molecule has 0 amide bonds. The highest BCUT2D eigenvalue weighted by Crippen LogP contribution is 2.31. The van der Waals surface area contributed by atoms with Crippen molar-refractivity contribution in [1.82, 2.24) is 9.97 Å². The van der Waals surface area contributed by atoms with Crippen LogP contribution in [0.2, 0.25) is 0 Å². The van der Waals surface area contributed by atoms with E-state index in [1.54, 1.807) is 12.4 Å². The van der Waals surface area contributed by atoms with Crippen LogP contribution in [0.5, 0.6) is 0 Å². The van der Waals surface area contributed by atoms with Crippen LogP contribution >= 0.6 is 0 Å². The molecule has 1 fully saturated rings. The summed E-state index contributed by atoms with van der Waals surface area (Å²) in [6, 6.07) is 3.65. The van der Waals surface area contributed by atoms with Gasteiger partial charge in [0, 0.05) is 23.9 Å². The van der Waals surface area contributed by atoms with Crippen LogP contribution in [0, 0.1) is 35.3 Å². The molecule has 0 radical (unpaired) electrons. The summed E-state index contributed by atoms with van der Waals surface area (Å²) in [5.41, 5.74) is 1.21. The molecule has 0 atom stereocenters. The van der Waals surface area contributed by atoms with Gasteiger partial charge in [0.25, 0.3) is 0 Å². The second kappa shape index (κ2) is 8.89. The number of rotatable bonds is 4. The lowest BCUT2D eigenvalue weighted by molar-refractivity contribution is 0.296. The molecule has 1 heterocycles. The molecule has 1 aliphatic rings. The zero-order valence-corrected chi connectivity index (χ0v) is 15.1. The molecule has 0 N–H and O–H groups in total. The van der Waals surface area contributed by atoms with E-state index in [0.717, 1.165) is 23.6 Å². The Morgan fingerprint density at radius 2 is 1.77 bits per heavy atom. The second-order valence-corrected chi connectivity index (χ2v) is 7.05. The van der Waals surface area contributed by atoms with Gasteiger partial charge in [-0.3, -0.25) is 0 Å². The summed E-state index contributed by atoms with van der Waals surface area (Å²) in [6.45, 7) is 2.25. The van der Waals surface area contributed by atoms with E-state index in [9.17, 15) is 8.78 Å². The van der Waals surface area contributed by atoms with Crippen LogP contribution in [0.25, 0.3) is 11.4 Å². The third-order valence-corrected chi connectivity index (χ3v) is 5.06. The SMILES string of the molecule is CCCC[C@H]1CC[C@H](C#Cc2cnc(-c3ccc(F)c(F)c3)nc2)CC1. The van der Waals surface area contributed by atoms with Crippen molar-refractivity contribution in [3.63, 3.8) is 0 Å². The smallest absolute Gasteiger partial charge is 0.159 e. The highest BCUT2D eigenvalue weighted by molar-refractivity contribution is 5.55. The van der Waals surface area contributed by atoms with Gasteiger partial charge < -0.3 is 0 Å². The molecule has 1 aromatic carbocycles. The van der Waals surface area contributed by atoms with Gasteiger partial charge in [0.05, 0.1) is 5.56 Å². The molecule has 0 spiro atoms. The summed E-state index contributed by atoms with van der Waals surface area (Å²) < 4.78 is 26.3. The van der Waals surface area contributed by atoms with Gasteiger partial charge in [-0.2, -0.15) is 0 Å². The second-order valence-electron chi connectivity index (χ2n) is 7.05. The minimum Gasteiger partial charge on any atom is -0.235 e. The van der Waals surface area contributed by atoms with Crippen molar-refractivity contribution in [2.45, 2.75) is 51.9 Å². The predicted molar refractivity (Wildman–Crippen MR) is 99.2 cm³/mol. The van der Waals surface area contributed by atoms with Crippen molar-refractivity contribution >= 4 is 0 Å². The van der Waals surface area contributed by atoms with Crippen molar-refractivity contribution < 1.29 is 8.78 Å². The first kappa shape index (κ1) is 18.5. The first-order valence-corrected chi connectivity index (χ1v) is 9.44. The molecule has 4 heteroatoms. The van der Waals surface area contributed by atoms with Crippen LogP contribution in [-0.2, 0) is 0 Å².